The molecule has 0 radical (unpaired) electrons. The van der Waals surface area contributed by atoms with Crippen molar-refractivity contribution in [3.63, 3.8) is 0 Å². The van der Waals surface area contributed by atoms with E-state index >= 15 is 0 Å². The first kappa shape index (κ1) is 39.5. The van der Waals surface area contributed by atoms with Gasteiger partial charge in [0.2, 0.25) is 0 Å². The van der Waals surface area contributed by atoms with Crippen LogP contribution in [0.25, 0.3) is 22.3 Å². The Kier molecular flexibility index (Phi) is 11.1. The van der Waals surface area contributed by atoms with E-state index in [1.807, 2.05) is 0 Å². The summed E-state index contributed by atoms with van der Waals surface area (Å²) in [4.78, 5) is 0. The molecule has 5 atom stereocenters. The average Bonchev–Trinajstić information content (AvgIpc) is 4.07. The van der Waals surface area contributed by atoms with Crippen LogP contribution in [-0.4, -0.2) is 66.6 Å². The van der Waals surface area contributed by atoms with Gasteiger partial charge < -0.3 is 37.6 Å². The second kappa shape index (κ2) is 16.2. The summed E-state index contributed by atoms with van der Waals surface area (Å²) in [7, 11) is -0.861. The predicted molar refractivity (Wildman–Crippen MR) is 230 cm³/mol. The maximum absolute atomic E-state index is 7.09. The van der Waals surface area contributed by atoms with Gasteiger partial charge in [0.05, 0.1) is 51.7 Å². The van der Waals surface area contributed by atoms with Gasteiger partial charge in [0.1, 0.15) is 6.10 Å². The van der Waals surface area contributed by atoms with Crippen LogP contribution in [0.3, 0.4) is 0 Å². The molecule has 58 heavy (non-hydrogen) atoms. The average molecular weight is 785 g/mol. The summed E-state index contributed by atoms with van der Waals surface area (Å²) in [6.07, 6.45) is 4.11. The highest BCUT2D eigenvalue weighted by molar-refractivity contribution is 6.62. The highest BCUT2D eigenvalue weighted by Gasteiger charge is 2.54. The summed E-state index contributed by atoms with van der Waals surface area (Å²) < 4.78 is 52.0. The van der Waals surface area contributed by atoms with E-state index in [4.69, 9.17) is 37.6 Å². The van der Waals surface area contributed by atoms with Crippen molar-refractivity contribution in [1.82, 2.24) is 0 Å². The van der Waals surface area contributed by atoms with Crippen LogP contribution in [0, 0.1) is 23.7 Å². The first-order valence-electron chi connectivity index (χ1n) is 22.0. The molecule has 2 saturated heterocycles. The molecule has 1 spiro atoms. The molecule has 5 unspecified atom stereocenters. The van der Waals surface area contributed by atoms with Crippen LogP contribution in [0.1, 0.15) is 96.4 Å². The lowest BCUT2D eigenvalue weighted by Crippen LogP contribution is -2.35. The minimum Gasteiger partial charge on any atom is -0.489 e. The monoisotopic (exact) mass is 784 g/mol. The van der Waals surface area contributed by atoms with Crippen molar-refractivity contribution in [2.24, 2.45) is 23.7 Å². The molecule has 0 aromatic heterocycles. The quantitative estimate of drug-likeness (QED) is 0.108. The number of fused-ring (bicyclic) bond motifs is 11. The Labute approximate surface area is 345 Å². The molecule has 9 rings (SSSR count). The number of hydrogen-bond acceptors (Lipinski definition) is 8. The fourth-order valence-electron chi connectivity index (χ4n) is 9.49. The van der Waals surface area contributed by atoms with Crippen LogP contribution in [-0.2, 0) is 24.0 Å². The molecular weight excluding hydrogens is 726 g/mol. The lowest BCUT2D eigenvalue weighted by molar-refractivity contribution is 0.0714. The summed E-state index contributed by atoms with van der Waals surface area (Å²) >= 11 is 0. The van der Waals surface area contributed by atoms with Gasteiger partial charge in [-0.05, 0) is 104 Å². The smallest absolute Gasteiger partial charge is 0.489 e. The zero-order valence-electron chi connectivity index (χ0n) is 35.4. The van der Waals surface area contributed by atoms with Gasteiger partial charge in [0.15, 0.2) is 23.0 Å². The zero-order chi connectivity index (χ0) is 40.1. The third-order valence-corrected chi connectivity index (χ3v) is 13.6. The van der Waals surface area contributed by atoms with E-state index in [1.165, 1.54) is 22.3 Å². The van der Waals surface area contributed by atoms with Crippen molar-refractivity contribution in [2.75, 3.05) is 46.2 Å². The van der Waals surface area contributed by atoms with Crippen LogP contribution in [0.5, 0.6) is 23.0 Å². The number of benzene rings is 4. The second-order valence-corrected chi connectivity index (χ2v) is 17.3. The minimum atomic E-state index is -0.757. The zero-order valence-corrected chi connectivity index (χ0v) is 35.4. The van der Waals surface area contributed by atoms with Gasteiger partial charge >= 0.3 is 14.2 Å². The van der Waals surface area contributed by atoms with Gasteiger partial charge in [-0.2, -0.15) is 0 Å². The summed E-state index contributed by atoms with van der Waals surface area (Å²) in [6.45, 7) is 19.8. The fourth-order valence-corrected chi connectivity index (χ4v) is 9.49. The van der Waals surface area contributed by atoms with Gasteiger partial charge in [0, 0.05) is 5.92 Å². The van der Waals surface area contributed by atoms with Crippen molar-refractivity contribution in [2.45, 2.75) is 85.7 Å². The molecule has 0 bridgehead atoms. The fraction of sp³-hybridized carbons (Fsp3) is 0.500. The summed E-state index contributed by atoms with van der Waals surface area (Å²) in [6, 6.07) is 22.5. The van der Waals surface area contributed by atoms with Crippen LogP contribution in [0.4, 0.5) is 0 Å². The van der Waals surface area contributed by atoms with Gasteiger partial charge in [-0.3, -0.25) is 0 Å². The van der Waals surface area contributed by atoms with Crippen LogP contribution < -0.4 is 29.9 Å². The number of ether oxygens (including phenoxy) is 4. The first-order chi connectivity index (χ1) is 28.3. The van der Waals surface area contributed by atoms with E-state index in [9.17, 15) is 0 Å². The predicted octanol–water partition coefficient (Wildman–Crippen LogP) is 8.58. The molecular formula is C48H58B2O8. The Morgan fingerprint density at radius 3 is 1.66 bits per heavy atom. The van der Waals surface area contributed by atoms with E-state index in [2.05, 4.69) is 109 Å². The molecule has 4 aromatic carbocycles. The van der Waals surface area contributed by atoms with E-state index in [1.54, 1.807) is 0 Å². The topological polar surface area (TPSA) is 73.8 Å². The molecule has 3 aliphatic heterocycles. The summed E-state index contributed by atoms with van der Waals surface area (Å²) in [5.74, 6) is 4.54. The maximum atomic E-state index is 7.09. The van der Waals surface area contributed by atoms with Gasteiger partial charge in [-0.1, -0.05) is 104 Å². The largest absolute Gasteiger partial charge is 0.494 e. The Morgan fingerprint density at radius 2 is 1.12 bits per heavy atom. The van der Waals surface area contributed by atoms with Crippen molar-refractivity contribution >= 4 is 25.2 Å². The van der Waals surface area contributed by atoms with Crippen molar-refractivity contribution in [3.05, 3.63) is 82.9 Å². The minimum absolute atomic E-state index is 0.0470. The molecule has 8 nitrogen and oxygen atoms in total. The molecule has 4 aromatic rings. The molecule has 2 aliphatic carbocycles. The highest BCUT2D eigenvalue weighted by atomic mass is 16.6. The molecule has 0 saturated carbocycles. The van der Waals surface area contributed by atoms with E-state index in [-0.39, 0.29) is 12.0 Å². The molecule has 0 N–H and O–H groups in total. The summed E-state index contributed by atoms with van der Waals surface area (Å²) in [5.41, 5.74) is 10.4. The lowest BCUT2D eigenvalue weighted by Gasteiger charge is -2.32. The van der Waals surface area contributed by atoms with Gasteiger partial charge in [-0.25, -0.2) is 0 Å². The van der Waals surface area contributed by atoms with E-state index in [0.29, 0.717) is 64.0 Å². The maximum Gasteiger partial charge on any atom is 0.494 e. The molecule has 3 heterocycles. The van der Waals surface area contributed by atoms with Gasteiger partial charge in [0.25, 0.3) is 0 Å². The van der Waals surface area contributed by atoms with E-state index in [0.717, 1.165) is 81.9 Å². The molecule has 10 heteroatoms. The van der Waals surface area contributed by atoms with Crippen molar-refractivity contribution < 1.29 is 37.6 Å². The molecule has 0 amide bonds. The van der Waals surface area contributed by atoms with E-state index < -0.39 is 19.7 Å². The molecule has 304 valence electrons. The Morgan fingerprint density at radius 1 is 0.603 bits per heavy atom. The second-order valence-electron chi connectivity index (χ2n) is 17.3. The van der Waals surface area contributed by atoms with Crippen molar-refractivity contribution in [3.8, 4) is 45.3 Å². The molecule has 5 aliphatic rings. The Bertz CT molecular complexity index is 2080. The van der Waals surface area contributed by atoms with Crippen LogP contribution >= 0.6 is 0 Å². The third kappa shape index (κ3) is 6.63. The standard InChI is InChI=1S/C48H58B2O8/c1-8-29(5)26-51-43-22-37-38-23-46-45(53-28-32(11-4)47(58-46)31(7)10-3)25-42(38)48(41(37)24-44(43)52-27-30(6)9-2)39-20-33(49-54-16-17-55-49)12-14-35(39)36-15-13-34(21-40(36)48)50-56-18-19-57-50/h12-15,20-25,29-32,47H,8-11,16-19,26-28H2,1-7H3. The number of hydrogen-bond donors (Lipinski definition) is 0. The van der Waals surface area contributed by atoms with Crippen molar-refractivity contribution in [1.29, 1.82) is 0 Å². The van der Waals surface area contributed by atoms with Crippen LogP contribution in [0.15, 0.2) is 60.7 Å². The lowest BCUT2D eigenvalue weighted by atomic mass is 9.67. The van der Waals surface area contributed by atoms with Crippen LogP contribution in [0.2, 0.25) is 0 Å². The Hall–Kier alpha value is -3.95. The normalized spacial score (nSPS) is 21.3. The Balaban J connectivity index is 1.33. The summed E-state index contributed by atoms with van der Waals surface area (Å²) in [5, 5.41) is 0. The first-order valence-corrected chi connectivity index (χ1v) is 22.0. The highest BCUT2D eigenvalue weighted by Crippen LogP contribution is 2.65. The number of rotatable bonds is 13. The third-order valence-electron chi connectivity index (χ3n) is 13.6. The SMILES string of the molecule is CCC(C)COc1cc2c(cc1OCC(C)CC)C1(c3cc(B4OCCO4)ccc3-c3ccc(B4OCCO4)cc31)c1cc3c(cc1-2)OC(C(C)CC)C(CC)CO3. The molecule has 2 fully saturated rings. The van der Waals surface area contributed by atoms with Gasteiger partial charge in [-0.15, -0.1) is 0 Å².